The van der Waals surface area contributed by atoms with Crippen molar-refractivity contribution in [2.45, 2.75) is 142 Å². The maximum atomic E-state index is 11.8. The third kappa shape index (κ3) is 10.3. The molecule has 0 saturated heterocycles. The van der Waals surface area contributed by atoms with Crippen LogP contribution in [0.4, 0.5) is 16.3 Å². The highest BCUT2D eigenvalue weighted by Crippen LogP contribution is 2.43. The fraction of sp³-hybridized carbons (Fsp3) is 0.727. The molecule has 1 aliphatic carbocycles. The Labute approximate surface area is 261 Å². The molecule has 0 spiro atoms. The first kappa shape index (κ1) is 35.1. The molecule has 1 amide bonds. The van der Waals surface area contributed by atoms with E-state index in [9.17, 15) is 4.79 Å². The molecule has 43 heavy (non-hydrogen) atoms. The number of aromatic nitrogens is 3. The van der Waals surface area contributed by atoms with E-state index < -0.39 is 20.0 Å². The highest BCUT2D eigenvalue weighted by molar-refractivity contribution is 6.74. The van der Waals surface area contributed by atoms with Gasteiger partial charge in [0.05, 0.1) is 23.0 Å². The monoisotopic (exact) mass is 615 g/mol. The van der Waals surface area contributed by atoms with Gasteiger partial charge in [-0.2, -0.15) is 5.10 Å². The zero-order valence-corrected chi connectivity index (χ0v) is 29.8. The Morgan fingerprint density at radius 3 is 2.42 bits per heavy atom. The average molecular weight is 616 g/mol. The predicted octanol–water partition coefficient (Wildman–Crippen LogP) is 8.43. The number of ether oxygens (including phenoxy) is 2. The van der Waals surface area contributed by atoms with E-state index >= 15 is 0 Å². The second-order valence-corrected chi connectivity index (χ2v) is 20.2. The zero-order valence-electron chi connectivity index (χ0n) is 28.8. The minimum atomic E-state index is -1.80. The lowest BCUT2D eigenvalue weighted by atomic mass is 10.0. The van der Waals surface area contributed by atoms with Gasteiger partial charge in [-0.15, -0.1) is 0 Å². The zero-order chi connectivity index (χ0) is 32.2. The molecule has 0 bridgehead atoms. The first-order chi connectivity index (χ1) is 19.7. The molecule has 2 N–H and O–H groups in total. The van der Waals surface area contributed by atoms with Gasteiger partial charge in [0.1, 0.15) is 11.4 Å². The number of nitrogens with one attached hydrogen (secondary N) is 2. The summed E-state index contributed by atoms with van der Waals surface area (Å²) in [4.78, 5) is 16.4. The number of carbonyl (C=O) groups excluding carboxylic acids is 1. The first-order valence-corrected chi connectivity index (χ1v) is 18.8. The summed E-state index contributed by atoms with van der Waals surface area (Å²) < 4.78 is 20.2. The van der Waals surface area contributed by atoms with E-state index in [0.717, 1.165) is 42.2 Å². The molecule has 242 valence electrons. The molecule has 0 aromatic carbocycles. The van der Waals surface area contributed by atoms with Crippen LogP contribution in [-0.2, 0) is 19.4 Å². The van der Waals surface area contributed by atoms with Crippen molar-refractivity contribution in [3.63, 3.8) is 0 Å². The third-order valence-electron chi connectivity index (χ3n) is 8.26. The van der Waals surface area contributed by atoms with Gasteiger partial charge in [-0.3, -0.25) is 4.98 Å². The van der Waals surface area contributed by atoms with E-state index in [2.05, 4.69) is 81.0 Å². The lowest BCUT2D eigenvalue weighted by Gasteiger charge is -2.38. The molecule has 2 aromatic heterocycles. The summed E-state index contributed by atoms with van der Waals surface area (Å²) in [6, 6.07) is 6.21. The number of alkyl carbamates (subject to hydrolysis) is 1. The van der Waals surface area contributed by atoms with Crippen molar-refractivity contribution in [1.29, 1.82) is 0 Å². The number of rotatable bonds is 11. The number of hydrogen-bond donors (Lipinski definition) is 2. The van der Waals surface area contributed by atoms with E-state index in [1.165, 1.54) is 0 Å². The molecule has 9 nitrogen and oxygen atoms in total. The molecule has 1 fully saturated rings. The smallest absolute Gasteiger partial charge is 0.407 e. The standard InChI is InChI=1S/C33H57N5O4Si/c1-23(40-19-13-17-35-30(39)41-32(5,6)7)27-21-25(16-18-34-27)36-29-22-28(37-38(29)31(2,3)4)24-14-15-26(20-24)42-43(11,12)33(8,9)10/h16,18,21-24,26H,13-15,17,19-20H2,1-12H3,(H,34,36)(H,35,39)/t23?,24-,26+/m0/s1. The second kappa shape index (κ2) is 13.7. The molecule has 0 aliphatic heterocycles. The van der Waals surface area contributed by atoms with Crippen LogP contribution in [-0.4, -0.2) is 54.0 Å². The Morgan fingerprint density at radius 2 is 1.79 bits per heavy atom. The van der Waals surface area contributed by atoms with Gasteiger partial charge in [0, 0.05) is 43.1 Å². The van der Waals surface area contributed by atoms with E-state index in [1.807, 2.05) is 39.8 Å². The summed E-state index contributed by atoms with van der Waals surface area (Å²) in [6.07, 6.45) is 5.40. The molecule has 2 aromatic rings. The van der Waals surface area contributed by atoms with Gasteiger partial charge >= 0.3 is 6.09 Å². The summed E-state index contributed by atoms with van der Waals surface area (Å²) in [5.74, 6) is 1.36. The van der Waals surface area contributed by atoms with Crippen molar-refractivity contribution in [1.82, 2.24) is 20.1 Å². The largest absolute Gasteiger partial charge is 0.444 e. The fourth-order valence-electron chi connectivity index (χ4n) is 4.93. The summed E-state index contributed by atoms with van der Waals surface area (Å²) in [6.45, 7) is 26.7. The van der Waals surface area contributed by atoms with Crippen LogP contribution in [0.2, 0.25) is 18.1 Å². The molecule has 1 saturated carbocycles. The van der Waals surface area contributed by atoms with Crippen LogP contribution >= 0.6 is 0 Å². The topological polar surface area (TPSA) is 99.5 Å². The lowest BCUT2D eigenvalue weighted by molar-refractivity contribution is 0.0483. The molecule has 2 heterocycles. The summed E-state index contributed by atoms with van der Waals surface area (Å²) >= 11 is 0. The van der Waals surface area contributed by atoms with E-state index in [1.54, 1.807) is 6.20 Å². The number of carbonyl (C=O) groups is 1. The quantitative estimate of drug-likeness (QED) is 0.193. The maximum Gasteiger partial charge on any atom is 0.407 e. The Morgan fingerprint density at radius 1 is 1.09 bits per heavy atom. The number of hydrogen-bond acceptors (Lipinski definition) is 7. The van der Waals surface area contributed by atoms with E-state index in [-0.39, 0.29) is 16.7 Å². The Bertz CT molecular complexity index is 1210. The summed E-state index contributed by atoms with van der Waals surface area (Å²) in [7, 11) is -1.80. The molecule has 3 rings (SSSR count). The van der Waals surface area contributed by atoms with Gasteiger partial charge in [-0.05, 0) is 104 Å². The first-order valence-electron chi connectivity index (χ1n) is 15.8. The van der Waals surface area contributed by atoms with E-state index in [0.29, 0.717) is 31.6 Å². The number of anilines is 2. The second-order valence-electron chi connectivity index (χ2n) is 15.4. The summed E-state index contributed by atoms with van der Waals surface area (Å²) in [5.41, 5.74) is 2.22. The Kier molecular flexibility index (Phi) is 11.2. The third-order valence-corrected chi connectivity index (χ3v) is 12.8. The van der Waals surface area contributed by atoms with Gasteiger partial charge in [-0.25, -0.2) is 9.48 Å². The minimum absolute atomic E-state index is 0.185. The number of amides is 1. The molecule has 3 atom stereocenters. The normalized spacial score (nSPS) is 18.9. The van der Waals surface area contributed by atoms with Crippen molar-refractivity contribution in [2.75, 3.05) is 18.5 Å². The predicted molar refractivity (Wildman–Crippen MR) is 177 cm³/mol. The molecular formula is C33H57N5O4Si. The number of nitrogens with zero attached hydrogens (tertiary/aromatic N) is 3. The van der Waals surface area contributed by atoms with Crippen molar-refractivity contribution in [2.24, 2.45) is 0 Å². The van der Waals surface area contributed by atoms with Gasteiger partial charge in [0.2, 0.25) is 0 Å². The number of pyridine rings is 1. The SMILES string of the molecule is CC(OCCCNC(=O)OC(C)(C)C)c1cc(Nc2cc([C@H]3CC[C@@H](O[Si](C)(C)C(C)(C)C)C3)nn2C(C)(C)C)ccn1. The highest BCUT2D eigenvalue weighted by atomic mass is 28.4. The molecule has 1 unspecified atom stereocenters. The van der Waals surface area contributed by atoms with Crippen LogP contribution in [0, 0.1) is 0 Å². The van der Waals surface area contributed by atoms with Crippen LogP contribution in [0.15, 0.2) is 24.4 Å². The molecular weight excluding hydrogens is 558 g/mol. The van der Waals surface area contributed by atoms with Crippen LogP contribution in [0.5, 0.6) is 0 Å². The molecule has 10 heteroatoms. The van der Waals surface area contributed by atoms with Crippen molar-refractivity contribution >= 4 is 25.9 Å². The highest BCUT2D eigenvalue weighted by Gasteiger charge is 2.41. The van der Waals surface area contributed by atoms with Gasteiger partial charge < -0.3 is 24.5 Å². The molecule has 1 aliphatic rings. The van der Waals surface area contributed by atoms with Crippen molar-refractivity contribution in [3.05, 3.63) is 35.8 Å². The van der Waals surface area contributed by atoms with Crippen molar-refractivity contribution < 1.29 is 18.7 Å². The Balaban J connectivity index is 1.62. The molecule has 0 radical (unpaired) electrons. The average Bonchev–Trinajstić information content (AvgIpc) is 3.49. The van der Waals surface area contributed by atoms with E-state index in [4.69, 9.17) is 19.0 Å². The fourth-order valence-corrected chi connectivity index (χ4v) is 6.33. The van der Waals surface area contributed by atoms with Crippen LogP contribution < -0.4 is 10.6 Å². The van der Waals surface area contributed by atoms with Crippen LogP contribution in [0.25, 0.3) is 0 Å². The van der Waals surface area contributed by atoms with Crippen LogP contribution in [0.3, 0.4) is 0 Å². The van der Waals surface area contributed by atoms with Crippen molar-refractivity contribution in [3.8, 4) is 0 Å². The maximum absolute atomic E-state index is 11.8. The van der Waals surface area contributed by atoms with Gasteiger partial charge in [0.25, 0.3) is 0 Å². The Hall–Kier alpha value is -2.43. The lowest BCUT2D eigenvalue weighted by Crippen LogP contribution is -2.43. The summed E-state index contributed by atoms with van der Waals surface area (Å²) in [5, 5.41) is 11.7. The van der Waals surface area contributed by atoms with Gasteiger partial charge in [0.15, 0.2) is 8.32 Å². The van der Waals surface area contributed by atoms with Crippen LogP contribution in [0.1, 0.15) is 118 Å². The minimum Gasteiger partial charge on any atom is -0.444 e. The van der Waals surface area contributed by atoms with Gasteiger partial charge in [-0.1, -0.05) is 20.8 Å².